The van der Waals surface area contributed by atoms with Crippen molar-refractivity contribution in [2.24, 2.45) is 0 Å². The van der Waals surface area contributed by atoms with Gasteiger partial charge in [0.1, 0.15) is 0 Å². The molecular weight excluding hydrogens is 303 g/mol. The fourth-order valence-electron chi connectivity index (χ4n) is 2.43. The summed E-state index contributed by atoms with van der Waals surface area (Å²) in [5, 5.41) is 11.4. The van der Waals surface area contributed by atoms with E-state index in [1.165, 1.54) is 0 Å². The third kappa shape index (κ3) is 3.40. The van der Waals surface area contributed by atoms with Crippen LogP contribution in [-0.4, -0.2) is 11.7 Å². The number of rotatable bonds is 5. The second-order valence-electron chi connectivity index (χ2n) is 4.87. The molecule has 1 nitrogen and oxygen atoms in total. The minimum Gasteiger partial charge on any atom is -0.395 e. The molecule has 0 amide bonds. The lowest BCUT2D eigenvalue weighted by Gasteiger charge is -2.32. The van der Waals surface area contributed by atoms with E-state index in [2.05, 4.69) is 12.3 Å². The van der Waals surface area contributed by atoms with E-state index in [-0.39, 0.29) is 6.61 Å². The fraction of sp³-hybridized carbons (Fsp3) is 0.167. The third-order valence-electron chi connectivity index (χ3n) is 3.66. The summed E-state index contributed by atoms with van der Waals surface area (Å²) in [6.45, 7) is 3.58. The minimum atomic E-state index is -0.556. The van der Waals surface area contributed by atoms with E-state index >= 15 is 0 Å². The SMILES string of the molecule is C=C=CCC(CO)(c1ccc(Cl)cc1)c1ccc(Cl)cc1. The van der Waals surface area contributed by atoms with Crippen LogP contribution in [0.5, 0.6) is 0 Å². The quantitative estimate of drug-likeness (QED) is 0.769. The average molecular weight is 319 g/mol. The van der Waals surface area contributed by atoms with Crippen LogP contribution < -0.4 is 0 Å². The molecule has 2 rings (SSSR count). The Hall–Kier alpha value is -1.50. The van der Waals surface area contributed by atoms with Gasteiger partial charge in [-0.15, -0.1) is 5.73 Å². The molecule has 0 saturated heterocycles. The van der Waals surface area contributed by atoms with Crippen molar-refractivity contribution in [2.45, 2.75) is 11.8 Å². The van der Waals surface area contributed by atoms with Gasteiger partial charge in [-0.1, -0.05) is 54.0 Å². The van der Waals surface area contributed by atoms with Gasteiger partial charge in [-0.05, 0) is 47.9 Å². The van der Waals surface area contributed by atoms with E-state index in [1.54, 1.807) is 0 Å². The number of halogens is 2. The number of hydrogen-bond acceptors (Lipinski definition) is 1. The zero-order chi connectivity index (χ0) is 15.3. The lowest BCUT2D eigenvalue weighted by molar-refractivity contribution is 0.220. The highest BCUT2D eigenvalue weighted by Crippen LogP contribution is 2.36. The second kappa shape index (κ2) is 6.98. The monoisotopic (exact) mass is 318 g/mol. The molecule has 0 aliphatic heterocycles. The normalized spacial score (nSPS) is 11.0. The molecule has 21 heavy (non-hydrogen) atoms. The zero-order valence-electron chi connectivity index (χ0n) is 11.5. The maximum absolute atomic E-state index is 10.1. The fourth-order valence-corrected chi connectivity index (χ4v) is 2.69. The third-order valence-corrected chi connectivity index (χ3v) is 4.16. The number of aliphatic hydroxyl groups is 1. The molecule has 0 aromatic heterocycles. The molecule has 0 unspecified atom stereocenters. The summed E-state index contributed by atoms with van der Waals surface area (Å²) < 4.78 is 0. The van der Waals surface area contributed by atoms with E-state index in [0.29, 0.717) is 16.5 Å². The van der Waals surface area contributed by atoms with Crippen LogP contribution in [0.1, 0.15) is 17.5 Å². The molecule has 0 saturated carbocycles. The smallest absolute Gasteiger partial charge is 0.0571 e. The van der Waals surface area contributed by atoms with Gasteiger partial charge in [-0.2, -0.15) is 0 Å². The summed E-state index contributed by atoms with van der Waals surface area (Å²) in [6.07, 6.45) is 2.43. The standard InChI is InChI=1S/C18H16Cl2O/c1-2-3-12-18(13-21,14-4-8-16(19)9-5-14)15-6-10-17(20)11-7-15/h3-11,21H,1,12-13H2. The van der Waals surface area contributed by atoms with Gasteiger partial charge in [-0.3, -0.25) is 0 Å². The Kier molecular flexibility index (Phi) is 5.27. The van der Waals surface area contributed by atoms with Crippen molar-refractivity contribution in [1.29, 1.82) is 0 Å². The van der Waals surface area contributed by atoms with Crippen LogP contribution in [0.25, 0.3) is 0 Å². The highest BCUT2D eigenvalue weighted by atomic mass is 35.5. The number of allylic oxidation sites excluding steroid dienone is 1. The van der Waals surface area contributed by atoms with E-state index in [0.717, 1.165) is 11.1 Å². The molecule has 0 radical (unpaired) electrons. The van der Waals surface area contributed by atoms with E-state index in [4.69, 9.17) is 23.2 Å². The summed E-state index contributed by atoms with van der Waals surface area (Å²) in [6, 6.07) is 15.1. The largest absolute Gasteiger partial charge is 0.395 e. The van der Waals surface area contributed by atoms with Gasteiger partial charge in [0, 0.05) is 15.5 Å². The number of hydrogen-bond donors (Lipinski definition) is 1. The lowest BCUT2D eigenvalue weighted by Crippen LogP contribution is -2.31. The molecule has 0 atom stereocenters. The molecule has 0 heterocycles. The molecule has 1 N–H and O–H groups in total. The Labute approximate surface area is 135 Å². The van der Waals surface area contributed by atoms with Crippen LogP contribution in [0.15, 0.2) is 66.9 Å². The topological polar surface area (TPSA) is 20.2 Å². The lowest BCUT2D eigenvalue weighted by atomic mass is 9.72. The first-order chi connectivity index (χ1) is 10.1. The summed E-state index contributed by atoms with van der Waals surface area (Å²) >= 11 is 11.9. The molecule has 3 heteroatoms. The number of aliphatic hydroxyl groups excluding tert-OH is 1. The number of benzene rings is 2. The molecule has 0 aliphatic rings. The summed E-state index contributed by atoms with van der Waals surface area (Å²) in [4.78, 5) is 0. The molecule has 0 spiro atoms. The highest BCUT2D eigenvalue weighted by Gasteiger charge is 2.32. The molecule has 0 aliphatic carbocycles. The molecule has 0 bridgehead atoms. The second-order valence-corrected chi connectivity index (χ2v) is 5.74. The molecular formula is C18H16Cl2O. The maximum Gasteiger partial charge on any atom is 0.0571 e. The van der Waals surface area contributed by atoms with Gasteiger partial charge in [0.25, 0.3) is 0 Å². The van der Waals surface area contributed by atoms with E-state index < -0.39 is 5.41 Å². The van der Waals surface area contributed by atoms with Crippen LogP contribution in [0.2, 0.25) is 10.0 Å². The molecule has 2 aromatic rings. The Bertz CT molecular complexity index is 592. The predicted octanol–water partition coefficient (Wildman–Crippen LogP) is 5.00. The Morgan fingerprint density at radius 3 is 1.71 bits per heavy atom. The van der Waals surface area contributed by atoms with Crippen molar-refractivity contribution in [3.05, 3.63) is 88.1 Å². The molecule has 2 aromatic carbocycles. The van der Waals surface area contributed by atoms with Crippen molar-refractivity contribution in [1.82, 2.24) is 0 Å². The van der Waals surface area contributed by atoms with Crippen molar-refractivity contribution in [3.63, 3.8) is 0 Å². The van der Waals surface area contributed by atoms with Gasteiger partial charge in [-0.25, -0.2) is 0 Å². The van der Waals surface area contributed by atoms with Crippen molar-refractivity contribution in [2.75, 3.05) is 6.61 Å². The van der Waals surface area contributed by atoms with E-state index in [1.807, 2.05) is 54.6 Å². The van der Waals surface area contributed by atoms with Gasteiger partial charge >= 0.3 is 0 Å². The van der Waals surface area contributed by atoms with Gasteiger partial charge < -0.3 is 5.11 Å². The van der Waals surface area contributed by atoms with Crippen LogP contribution >= 0.6 is 23.2 Å². The highest BCUT2D eigenvalue weighted by molar-refractivity contribution is 6.30. The Morgan fingerprint density at radius 2 is 1.38 bits per heavy atom. The van der Waals surface area contributed by atoms with Gasteiger partial charge in [0.2, 0.25) is 0 Å². The first-order valence-electron chi connectivity index (χ1n) is 6.59. The van der Waals surface area contributed by atoms with Gasteiger partial charge in [0.15, 0.2) is 0 Å². The predicted molar refractivity (Wildman–Crippen MR) is 89.1 cm³/mol. The maximum atomic E-state index is 10.1. The summed E-state index contributed by atoms with van der Waals surface area (Å²) in [5.41, 5.74) is 4.20. The van der Waals surface area contributed by atoms with Crippen LogP contribution in [-0.2, 0) is 5.41 Å². The molecule has 0 fully saturated rings. The Balaban J connectivity index is 2.59. The first kappa shape index (κ1) is 15.9. The van der Waals surface area contributed by atoms with Crippen LogP contribution in [0, 0.1) is 0 Å². The van der Waals surface area contributed by atoms with Gasteiger partial charge in [0.05, 0.1) is 6.61 Å². The van der Waals surface area contributed by atoms with Crippen molar-refractivity contribution in [3.8, 4) is 0 Å². The zero-order valence-corrected chi connectivity index (χ0v) is 13.0. The Morgan fingerprint density at radius 1 is 0.952 bits per heavy atom. The van der Waals surface area contributed by atoms with Crippen LogP contribution in [0.3, 0.4) is 0 Å². The van der Waals surface area contributed by atoms with Crippen LogP contribution in [0.4, 0.5) is 0 Å². The minimum absolute atomic E-state index is 0.0333. The average Bonchev–Trinajstić information content (AvgIpc) is 2.51. The first-order valence-corrected chi connectivity index (χ1v) is 7.35. The van der Waals surface area contributed by atoms with Crippen molar-refractivity contribution >= 4 is 23.2 Å². The summed E-state index contributed by atoms with van der Waals surface area (Å²) in [5.74, 6) is 0. The van der Waals surface area contributed by atoms with E-state index in [9.17, 15) is 5.11 Å². The van der Waals surface area contributed by atoms with Crippen molar-refractivity contribution < 1.29 is 5.11 Å². The summed E-state index contributed by atoms with van der Waals surface area (Å²) in [7, 11) is 0. The molecule has 108 valence electrons.